The van der Waals surface area contributed by atoms with Crippen molar-refractivity contribution in [3.63, 3.8) is 0 Å². The lowest BCUT2D eigenvalue weighted by Crippen LogP contribution is -2.05. The zero-order chi connectivity index (χ0) is 13.4. The van der Waals surface area contributed by atoms with E-state index in [9.17, 15) is 10.1 Å². The van der Waals surface area contributed by atoms with Crippen LogP contribution in [0.25, 0.3) is 0 Å². The van der Waals surface area contributed by atoms with E-state index >= 15 is 0 Å². The number of nitrogens with zero attached hydrogens (tertiary/aromatic N) is 5. The number of hydrogen-bond donors (Lipinski definition) is 0. The molecule has 1 saturated carbocycles. The Hall–Kier alpha value is -1.83. The van der Waals surface area contributed by atoms with Crippen LogP contribution in [0, 0.1) is 10.1 Å². The van der Waals surface area contributed by atoms with Crippen molar-refractivity contribution in [2.24, 2.45) is 0 Å². The first-order valence-electron chi connectivity index (χ1n) is 5.84. The summed E-state index contributed by atoms with van der Waals surface area (Å²) in [5.41, 5.74) is 0.815. The number of tetrazole rings is 1. The summed E-state index contributed by atoms with van der Waals surface area (Å²) in [7, 11) is 0. The molecule has 0 amide bonds. The zero-order valence-corrected chi connectivity index (χ0v) is 11.4. The van der Waals surface area contributed by atoms with Crippen LogP contribution in [0.4, 0.5) is 5.69 Å². The van der Waals surface area contributed by atoms with Crippen molar-refractivity contribution >= 4 is 21.6 Å². The molecule has 0 unspecified atom stereocenters. The van der Waals surface area contributed by atoms with Crippen LogP contribution in [-0.4, -0.2) is 25.1 Å². The fourth-order valence-corrected chi connectivity index (χ4v) is 2.18. The Morgan fingerprint density at radius 3 is 2.95 bits per heavy atom. The monoisotopic (exact) mass is 323 g/mol. The van der Waals surface area contributed by atoms with Gasteiger partial charge in [0.2, 0.25) is 0 Å². The third-order valence-electron chi connectivity index (χ3n) is 2.94. The molecule has 98 valence electrons. The Morgan fingerprint density at radius 2 is 2.26 bits per heavy atom. The topological polar surface area (TPSA) is 86.7 Å². The van der Waals surface area contributed by atoms with Gasteiger partial charge >= 0.3 is 0 Å². The van der Waals surface area contributed by atoms with Crippen molar-refractivity contribution in [1.29, 1.82) is 0 Å². The molecule has 0 saturated heterocycles. The average molecular weight is 324 g/mol. The molecule has 1 aromatic heterocycles. The van der Waals surface area contributed by atoms with Crippen LogP contribution in [-0.2, 0) is 6.54 Å². The summed E-state index contributed by atoms with van der Waals surface area (Å²) >= 11 is 3.16. The second-order valence-corrected chi connectivity index (χ2v) is 5.35. The number of halogens is 1. The SMILES string of the molecule is O=[N+]([O-])c1cc(Cn2nnc(C3CC3)n2)ccc1Br. The number of nitro groups is 1. The third kappa shape index (κ3) is 2.62. The lowest BCUT2D eigenvalue weighted by Gasteiger charge is -2.01. The van der Waals surface area contributed by atoms with Crippen LogP contribution in [0.1, 0.15) is 30.1 Å². The first kappa shape index (κ1) is 12.2. The van der Waals surface area contributed by atoms with E-state index in [0.717, 1.165) is 24.2 Å². The van der Waals surface area contributed by atoms with Gasteiger partial charge in [-0.25, -0.2) is 0 Å². The van der Waals surface area contributed by atoms with Gasteiger partial charge in [0.25, 0.3) is 5.69 Å². The molecule has 1 aliphatic rings. The van der Waals surface area contributed by atoms with E-state index in [4.69, 9.17) is 0 Å². The molecule has 19 heavy (non-hydrogen) atoms. The summed E-state index contributed by atoms with van der Waals surface area (Å²) in [5, 5.41) is 23.1. The molecule has 1 aliphatic carbocycles. The highest BCUT2D eigenvalue weighted by molar-refractivity contribution is 9.10. The van der Waals surface area contributed by atoms with Gasteiger partial charge in [0.05, 0.1) is 15.9 Å². The molecule has 8 heteroatoms. The van der Waals surface area contributed by atoms with Crippen molar-refractivity contribution in [2.45, 2.75) is 25.3 Å². The molecular weight excluding hydrogens is 314 g/mol. The van der Waals surface area contributed by atoms with Gasteiger partial charge in [-0.3, -0.25) is 10.1 Å². The van der Waals surface area contributed by atoms with E-state index in [2.05, 4.69) is 31.3 Å². The highest BCUT2D eigenvalue weighted by Crippen LogP contribution is 2.37. The molecule has 7 nitrogen and oxygen atoms in total. The van der Waals surface area contributed by atoms with E-state index in [1.807, 2.05) is 0 Å². The van der Waals surface area contributed by atoms with E-state index in [-0.39, 0.29) is 5.69 Å². The molecule has 1 aromatic carbocycles. The van der Waals surface area contributed by atoms with Crippen molar-refractivity contribution in [2.75, 3.05) is 0 Å². The molecule has 0 aliphatic heterocycles. The van der Waals surface area contributed by atoms with E-state index < -0.39 is 4.92 Å². The van der Waals surface area contributed by atoms with E-state index in [1.165, 1.54) is 10.9 Å². The Kier molecular flexibility index (Phi) is 3.02. The molecule has 0 bridgehead atoms. The molecule has 0 spiro atoms. The maximum Gasteiger partial charge on any atom is 0.283 e. The number of rotatable bonds is 4. The quantitative estimate of drug-likeness (QED) is 0.636. The Balaban J connectivity index is 1.81. The fourth-order valence-electron chi connectivity index (χ4n) is 1.79. The lowest BCUT2D eigenvalue weighted by atomic mass is 10.2. The van der Waals surface area contributed by atoms with Gasteiger partial charge in [-0.05, 0) is 45.6 Å². The predicted octanol–water partition coefficient (Wildman–Crippen LogP) is 2.27. The van der Waals surface area contributed by atoms with Crippen molar-refractivity contribution in [3.05, 3.63) is 44.2 Å². The maximum absolute atomic E-state index is 10.9. The number of benzene rings is 1. The van der Waals surface area contributed by atoms with Crippen LogP contribution in [0.3, 0.4) is 0 Å². The lowest BCUT2D eigenvalue weighted by molar-refractivity contribution is -0.385. The smallest absolute Gasteiger partial charge is 0.258 e. The molecular formula is C11H10BrN5O2. The molecule has 1 heterocycles. The highest BCUT2D eigenvalue weighted by Gasteiger charge is 2.28. The van der Waals surface area contributed by atoms with Crippen molar-refractivity contribution in [1.82, 2.24) is 20.2 Å². The van der Waals surface area contributed by atoms with Crippen LogP contribution in [0.15, 0.2) is 22.7 Å². The van der Waals surface area contributed by atoms with Crippen LogP contribution in [0.2, 0.25) is 0 Å². The fraction of sp³-hybridized carbons (Fsp3) is 0.364. The molecule has 0 radical (unpaired) electrons. The Labute approximate surface area is 116 Å². The normalized spacial score (nSPS) is 14.6. The maximum atomic E-state index is 10.9. The number of aromatic nitrogens is 4. The molecule has 0 N–H and O–H groups in total. The zero-order valence-electron chi connectivity index (χ0n) is 9.86. The first-order chi connectivity index (χ1) is 9.13. The number of nitro benzene ring substituents is 1. The van der Waals surface area contributed by atoms with Gasteiger partial charge in [-0.2, -0.15) is 4.80 Å². The third-order valence-corrected chi connectivity index (χ3v) is 3.61. The predicted molar refractivity (Wildman–Crippen MR) is 69.7 cm³/mol. The second-order valence-electron chi connectivity index (χ2n) is 4.50. The largest absolute Gasteiger partial charge is 0.283 e. The minimum absolute atomic E-state index is 0.0417. The summed E-state index contributed by atoms with van der Waals surface area (Å²) in [6, 6.07) is 4.98. The standard InChI is InChI=1S/C11H10BrN5O2/c12-9-4-1-7(5-10(9)17(18)19)6-16-14-11(13-15-16)8-2-3-8/h1,4-5,8H,2-3,6H2. The summed E-state index contributed by atoms with van der Waals surface area (Å²) < 4.78 is 0.464. The summed E-state index contributed by atoms with van der Waals surface area (Å²) in [6.07, 6.45) is 2.24. The van der Waals surface area contributed by atoms with E-state index in [1.54, 1.807) is 12.1 Å². The van der Waals surface area contributed by atoms with Crippen molar-refractivity contribution in [3.8, 4) is 0 Å². The van der Waals surface area contributed by atoms with Gasteiger partial charge in [-0.15, -0.1) is 10.2 Å². The van der Waals surface area contributed by atoms with Gasteiger partial charge in [0.15, 0.2) is 5.82 Å². The van der Waals surface area contributed by atoms with Crippen LogP contribution >= 0.6 is 15.9 Å². The minimum atomic E-state index is -0.419. The first-order valence-corrected chi connectivity index (χ1v) is 6.63. The highest BCUT2D eigenvalue weighted by atomic mass is 79.9. The van der Waals surface area contributed by atoms with Crippen molar-refractivity contribution < 1.29 is 4.92 Å². The van der Waals surface area contributed by atoms with Gasteiger partial charge in [-0.1, -0.05) is 6.07 Å². The molecule has 2 aromatic rings. The second kappa shape index (κ2) is 4.69. The molecule has 0 atom stereocenters. The average Bonchev–Trinajstić information content (AvgIpc) is 3.12. The summed E-state index contributed by atoms with van der Waals surface area (Å²) in [6.45, 7) is 0.383. The molecule has 3 rings (SSSR count). The van der Waals surface area contributed by atoms with Gasteiger partial charge < -0.3 is 0 Å². The Morgan fingerprint density at radius 1 is 1.47 bits per heavy atom. The minimum Gasteiger partial charge on any atom is -0.258 e. The van der Waals surface area contributed by atoms with E-state index in [0.29, 0.717) is 16.9 Å². The van der Waals surface area contributed by atoms with Gasteiger partial charge in [0.1, 0.15) is 0 Å². The van der Waals surface area contributed by atoms with Gasteiger partial charge in [0, 0.05) is 12.0 Å². The van der Waals surface area contributed by atoms with Crippen LogP contribution in [0.5, 0.6) is 0 Å². The Bertz CT molecular complexity index is 638. The number of hydrogen-bond acceptors (Lipinski definition) is 5. The summed E-state index contributed by atoms with van der Waals surface area (Å²) in [5.74, 6) is 1.22. The summed E-state index contributed by atoms with van der Waals surface area (Å²) in [4.78, 5) is 11.9. The molecule has 1 fully saturated rings. The van der Waals surface area contributed by atoms with Crippen LogP contribution < -0.4 is 0 Å².